The lowest BCUT2D eigenvalue weighted by molar-refractivity contribution is 0.669. The molecule has 4 heteroatoms. The molecule has 0 N–H and O–H groups in total. The first-order valence-electron chi connectivity index (χ1n) is 14.4. The summed E-state index contributed by atoms with van der Waals surface area (Å²) in [5, 5.41) is 7.28. The minimum atomic E-state index is 0.893. The van der Waals surface area contributed by atoms with E-state index in [4.69, 9.17) is 9.40 Å². The Bertz CT molecular complexity index is 2460. The number of aromatic nitrogens is 1. The van der Waals surface area contributed by atoms with Gasteiger partial charge in [0.2, 0.25) is 0 Å². The summed E-state index contributed by atoms with van der Waals surface area (Å²) in [4.78, 5) is 8.27. The van der Waals surface area contributed by atoms with Crippen molar-refractivity contribution < 1.29 is 4.42 Å². The van der Waals surface area contributed by atoms with E-state index >= 15 is 0 Å². The van der Waals surface area contributed by atoms with Crippen molar-refractivity contribution in [3.05, 3.63) is 146 Å². The summed E-state index contributed by atoms with van der Waals surface area (Å²) < 4.78 is 7.39. The van der Waals surface area contributed by atoms with Gasteiger partial charge in [0.15, 0.2) is 0 Å². The average molecular weight is 569 g/mol. The zero-order chi connectivity index (χ0) is 28.3. The Morgan fingerprint density at radius 3 is 2.12 bits per heavy atom. The number of anilines is 3. The van der Waals surface area contributed by atoms with Crippen LogP contribution in [0.5, 0.6) is 0 Å². The second-order valence-electron chi connectivity index (χ2n) is 10.8. The molecule has 0 fully saturated rings. The number of pyridine rings is 1. The van der Waals surface area contributed by atoms with Crippen LogP contribution in [0.25, 0.3) is 64.1 Å². The molecule has 0 spiro atoms. The summed E-state index contributed by atoms with van der Waals surface area (Å²) in [5.74, 6) is 0. The highest BCUT2D eigenvalue weighted by atomic mass is 32.1. The third kappa shape index (κ3) is 3.92. The molecule has 0 amide bonds. The maximum absolute atomic E-state index is 6.11. The van der Waals surface area contributed by atoms with Gasteiger partial charge in [-0.1, -0.05) is 78.9 Å². The Morgan fingerprint density at radius 1 is 0.512 bits per heavy atom. The van der Waals surface area contributed by atoms with Crippen LogP contribution in [-0.2, 0) is 0 Å². The largest absolute Gasteiger partial charge is 0.456 e. The molecule has 0 saturated carbocycles. The number of furan rings is 1. The zero-order valence-electron chi connectivity index (χ0n) is 23.1. The molecule has 0 unspecified atom stereocenters. The molecule has 202 valence electrons. The van der Waals surface area contributed by atoms with E-state index in [9.17, 15) is 0 Å². The van der Waals surface area contributed by atoms with E-state index in [1.807, 2.05) is 18.3 Å². The maximum Gasteiger partial charge on any atom is 0.135 e. The Labute approximate surface area is 251 Å². The van der Waals surface area contributed by atoms with Crippen LogP contribution in [0.1, 0.15) is 0 Å². The molecule has 0 bridgehead atoms. The number of hydrogen-bond donors (Lipinski definition) is 0. The summed E-state index contributed by atoms with van der Waals surface area (Å²) in [6, 6.07) is 49.3. The van der Waals surface area contributed by atoms with E-state index < -0.39 is 0 Å². The van der Waals surface area contributed by atoms with Gasteiger partial charge in [-0.15, -0.1) is 11.3 Å². The first-order chi connectivity index (χ1) is 21.3. The summed E-state index contributed by atoms with van der Waals surface area (Å²) in [6.45, 7) is 0. The number of fused-ring (bicyclic) bond motifs is 8. The fourth-order valence-electron chi connectivity index (χ4n) is 6.27. The van der Waals surface area contributed by atoms with Crippen LogP contribution in [0.4, 0.5) is 17.1 Å². The van der Waals surface area contributed by atoms with Crippen molar-refractivity contribution in [2.75, 3.05) is 4.90 Å². The molecule has 0 aliphatic rings. The highest BCUT2D eigenvalue weighted by molar-refractivity contribution is 7.25. The first kappa shape index (κ1) is 24.2. The Kier molecular flexibility index (Phi) is 5.37. The second-order valence-corrected chi connectivity index (χ2v) is 11.9. The van der Waals surface area contributed by atoms with Crippen molar-refractivity contribution in [3.63, 3.8) is 0 Å². The maximum atomic E-state index is 6.11. The Morgan fingerprint density at radius 2 is 1.23 bits per heavy atom. The van der Waals surface area contributed by atoms with E-state index in [1.165, 1.54) is 26.2 Å². The van der Waals surface area contributed by atoms with Crippen molar-refractivity contribution >= 4 is 81.4 Å². The van der Waals surface area contributed by atoms with Crippen LogP contribution >= 0.6 is 11.3 Å². The van der Waals surface area contributed by atoms with Gasteiger partial charge in [0.25, 0.3) is 0 Å². The standard InChI is InChI=1S/C39H24N2OS/c1-2-9-28(10-3-1)41(30-19-20-36-33(23-30)32-12-6-7-13-35(32)42-36)29-17-14-25(15-18-29)27-22-34-38-31-11-5-4-8-26(31)16-21-37(38)43-39(34)40-24-27/h1-24H. The van der Waals surface area contributed by atoms with Gasteiger partial charge in [0.1, 0.15) is 16.0 Å². The van der Waals surface area contributed by atoms with Crippen molar-refractivity contribution in [1.82, 2.24) is 4.98 Å². The predicted molar refractivity (Wildman–Crippen MR) is 182 cm³/mol. The Balaban J connectivity index is 1.16. The summed E-state index contributed by atoms with van der Waals surface area (Å²) >= 11 is 1.76. The summed E-state index contributed by atoms with van der Waals surface area (Å²) in [5.41, 5.74) is 7.32. The molecule has 3 aromatic heterocycles. The second kappa shape index (κ2) is 9.55. The third-order valence-electron chi connectivity index (χ3n) is 8.31. The van der Waals surface area contributed by atoms with Gasteiger partial charge < -0.3 is 9.32 Å². The molecule has 0 atom stereocenters. The van der Waals surface area contributed by atoms with Gasteiger partial charge >= 0.3 is 0 Å². The molecule has 0 saturated heterocycles. The van der Waals surface area contributed by atoms with Crippen LogP contribution in [0.3, 0.4) is 0 Å². The van der Waals surface area contributed by atoms with Gasteiger partial charge in [0, 0.05) is 55.1 Å². The summed E-state index contributed by atoms with van der Waals surface area (Å²) in [7, 11) is 0. The van der Waals surface area contributed by atoms with Crippen LogP contribution in [0, 0.1) is 0 Å². The highest BCUT2D eigenvalue weighted by Crippen LogP contribution is 2.41. The van der Waals surface area contributed by atoms with Gasteiger partial charge in [-0.3, -0.25) is 0 Å². The molecule has 3 nitrogen and oxygen atoms in total. The molecule has 0 radical (unpaired) electrons. The molecular formula is C39H24N2OS. The molecule has 43 heavy (non-hydrogen) atoms. The van der Waals surface area contributed by atoms with Crippen LogP contribution in [0.15, 0.2) is 150 Å². The third-order valence-corrected chi connectivity index (χ3v) is 9.39. The lowest BCUT2D eigenvalue weighted by Crippen LogP contribution is -2.09. The fourth-order valence-corrected chi connectivity index (χ4v) is 7.31. The molecule has 6 aromatic carbocycles. The summed E-state index contributed by atoms with van der Waals surface area (Å²) in [6.07, 6.45) is 2.00. The van der Waals surface area contributed by atoms with E-state index in [1.54, 1.807) is 11.3 Å². The normalized spacial score (nSPS) is 11.7. The number of benzene rings is 6. The van der Waals surface area contributed by atoms with Crippen LogP contribution < -0.4 is 4.90 Å². The number of thiophene rings is 1. The first-order valence-corrected chi connectivity index (χ1v) is 15.2. The van der Waals surface area contributed by atoms with E-state index in [2.05, 4.69) is 132 Å². The van der Waals surface area contributed by atoms with Gasteiger partial charge in [-0.25, -0.2) is 4.98 Å². The SMILES string of the molecule is c1ccc(N(c2ccc(-c3cnc4sc5ccc6ccccc6c5c4c3)cc2)c2ccc3oc4ccccc4c3c2)cc1. The smallest absolute Gasteiger partial charge is 0.135 e. The number of hydrogen-bond acceptors (Lipinski definition) is 4. The van der Waals surface area contributed by atoms with E-state index in [0.29, 0.717) is 0 Å². The lowest BCUT2D eigenvalue weighted by Gasteiger charge is -2.25. The monoisotopic (exact) mass is 568 g/mol. The molecule has 9 aromatic rings. The highest BCUT2D eigenvalue weighted by Gasteiger charge is 2.16. The average Bonchev–Trinajstić information content (AvgIpc) is 3.64. The lowest BCUT2D eigenvalue weighted by atomic mass is 10.0. The minimum Gasteiger partial charge on any atom is -0.456 e. The molecular weight excluding hydrogens is 545 g/mol. The fraction of sp³-hybridized carbons (Fsp3) is 0. The topological polar surface area (TPSA) is 29.3 Å². The number of para-hydroxylation sites is 2. The van der Waals surface area contributed by atoms with Crippen LogP contribution in [0.2, 0.25) is 0 Å². The van der Waals surface area contributed by atoms with Gasteiger partial charge in [-0.05, 0) is 77.0 Å². The Hall–Kier alpha value is -5.45. The zero-order valence-corrected chi connectivity index (χ0v) is 23.9. The van der Waals surface area contributed by atoms with Crippen LogP contribution in [-0.4, -0.2) is 4.98 Å². The number of rotatable bonds is 4. The van der Waals surface area contributed by atoms with E-state index in [-0.39, 0.29) is 0 Å². The molecule has 3 heterocycles. The quantitative estimate of drug-likeness (QED) is 0.211. The minimum absolute atomic E-state index is 0.893. The number of nitrogens with zero attached hydrogens (tertiary/aromatic N) is 2. The molecule has 0 aliphatic carbocycles. The van der Waals surface area contributed by atoms with E-state index in [0.717, 1.165) is 55.0 Å². The van der Waals surface area contributed by atoms with Crippen molar-refractivity contribution in [2.24, 2.45) is 0 Å². The predicted octanol–water partition coefficient (Wildman–Crippen LogP) is 11.6. The molecule has 0 aliphatic heterocycles. The van der Waals surface area contributed by atoms with Gasteiger partial charge in [-0.2, -0.15) is 0 Å². The van der Waals surface area contributed by atoms with Crippen molar-refractivity contribution in [1.29, 1.82) is 0 Å². The molecule has 9 rings (SSSR count). The van der Waals surface area contributed by atoms with Gasteiger partial charge in [0.05, 0.1) is 0 Å². The van der Waals surface area contributed by atoms with Crippen molar-refractivity contribution in [3.8, 4) is 11.1 Å². The van der Waals surface area contributed by atoms with Crippen molar-refractivity contribution in [2.45, 2.75) is 0 Å².